The predicted octanol–water partition coefficient (Wildman–Crippen LogP) is 4.57. The van der Waals surface area contributed by atoms with Gasteiger partial charge in [0.2, 0.25) is 0 Å². The molecule has 0 saturated heterocycles. The molecular formula is C15H16ClN. The second-order valence-electron chi connectivity index (χ2n) is 4.25. The van der Waals surface area contributed by atoms with Crippen molar-refractivity contribution in [2.24, 2.45) is 0 Å². The minimum absolute atomic E-state index is 0.796. The average molecular weight is 246 g/mol. The highest BCUT2D eigenvalue weighted by Gasteiger charge is 1.99. The minimum Gasteiger partial charge on any atom is -0.381 e. The molecule has 0 atom stereocenters. The van der Waals surface area contributed by atoms with Crippen LogP contribution in [0.4, 0.5) is 5.69 Å². The fourth-order valence-electron chi connectivity index (χ4n) is 1.71. The van der Waals surface area contributed by atoms with Crippen molar-refractivity contribution in [3.8, 4) is 0 Å². The Morgan fingerprint density at radius 3 is 2.47 bits per heavy atom. The van der Waals surface area contributed by atoms with Crippen LogP contribution in [0.15, 0.2) is 42.5 Å². The zero-order valence-corrected chi connectivity index (χ0v) is 10.9. The molecule has 0 aliphatic rings. The van der Waals surface area contributed by atoms with E-state index in [4.69, 9.17) is 11.6 Å². The maximum atomic E-state index is 6.10. The highest BCUT2D eigenvalue weighted by Crippen LogP contribution is 2.19. The number of hydrogen-bond donors (Lipinski definition) is 1. The average Bonchev–Trinajstić information content (AvgIpc) is 2.32. The van der Waals surface area contributed by atoms with Gasteiger partial charge in [-0.2, -0.15) is 0 Å². The summed E-state index contributed by atoms with van der Waals surface area (Å²) in [6, 6.07) is 14.4. The lowest BCUT2D eigenvalue weighted by atomic mass is 10.1. The Hall–Kier alpha value is -1.47. The molecule has 0 aliphatic carbocycles. The molecule has 0 unspecified atom stereocenters. The van der Waals surface area contributed by atoms with E-state index in [0.29, 0.717) is 0 Å². The van der Waals surface area contributed by atoms with Crippen LogP contribution < -0.4 is 5.32 Å². The Morgan fingerprint density at radius 1 is 1.00 bits per heavy atom. The van der Waals surface area contributed by atoms with E-state index in [-0.39, 0.29) is 0 Å². The molecule has 0 aliphatic heterocycles. The van der Waals surface area contributed by atoms with Crippen molar-refractivity contribution < 1.29 is 0 Å². The Kier molecular flexibility index (Phi) is 3.70. The van der Waals surface area contributed by atoms with Gasteiger partial charge in [0, 0.05) is 17.3 Å². The molecule has 88 valence electrons. The van der Waals surface area contributed by atoms with Gasteiger partial charge in [0.1, 0.15) is 0 Å². The summed E-state index contributed by atoms with van der Waals surface area (Å²) in [4.78, 5) is 0. The minimum atomic E-state index is 0.796. The third kappa shape index (κ3) is 3.01. The van der Waals surface area contributed by atoms with Crippen molar-refractivity contribution >= 4 is 17.3 Å². The van der Waals surface area contributed by atoms with Crippen molar-refractivity contribution in [1.82, 2.24) is 0 Å². The molecule has 2 aromatic carbocycles. The number of nitrogens with one attached hydrogen (secondary N) is 1. The van der Waals surface area contributed by atoms with Gasteiger partial charge < -0.3 is 5.32 Å². The summed E-state index contributed by atoms with van der Waals surface area (Å²) in [5.41, 5.74) is 4.74. The lowest BCUT2D eigenvalue weighted by Crippen LogP contribution is -2.00. The topological polar surface area (TPSA) is 12.0 Å². The standard InChI is InChI=1S/C15H16ClN/c1-11-7-8-13(9-14(11)16)10-17-15-6-4-3-5-12(15)2/h3-9,17H,10H2,1-2H3. The van der Waals surface area contributed by atoms with Crippen LogP contribution in [0.2, 0.25) is 5.02 Å². The van der Waals surface area contributed by atoms with Crippen LogP contribution in [0.1, 0.15) is 16.7 Å². The van der Waals surface area contributed by atoms with Crippen LogP contribution in [-0.2, 0) is 6.54 Å². The summed E-state index contributed by atoms with van der Waals surface area (Å²) < 4.78 is 0. The highest BCUT2D eigenvalue weighted by molar-refractivity contribution is 6.31. The van der Waals surface area contributed by atoms with E-state index in [1.807, 2.05) is 25.1 Å². The van der Waals surface area contributed by atoms with Gasteiger partial charge >= 0.3 is 0 Å². The quantitative estimate of drug-likeness (QED) is 0.835. The predicted molar refractivity (Wildman–Crippen MR) is 74.7 cm³/mol. The van der Waals surface area contributed by atoms with Gasteiger partial charge in [0.15, 0.2) is 0 Å². The number of rotatable bonds is 3. The van der Waals surface area contributed by atoms with Crippen LogP contribution in [0, 0.1) is 13.8 Å². The van der Waals surface area contributed by atoms with Crippen LogP contribution in [-0.4, -0.2) is 0 Å². The summed E-state index contributed by atoms with van der Waals surface area (Å²) in [5.74, 6) is 0. The lowest BCUT2D eigenvalue weighted by molar-refractivity contribution is 1.14. The number of para-hydroxylation sites is 1. The summed E-state index contributed by atoms with van der Waals surface area (Å²) >= 11 is 6.10. The molecule has 1 nitrogen and oxygen atoms in total. The molecule has 0 saturated carbocycles. The molecular weight excluding hydrogens is 230 g/mol. The zero-order chi connectivity index (χ0) is 12.3. The molecule has 2 rings (SSSR count). The monoisotopic (exact) mass is 245 g/mol. The summed E-state index contributed by atoms with van der Waals surface area (Å²) in [5, 5.41) is 4.25. The largest absolute Gasteiger partial charge is 0.381 e. The third-order valence-electron chi connectivity index (χ3n) is 2.86. The normalized spacial score (nSPS) is 10.3. The number of anilines is 1. The van der Waals surface area contributed by atoms with Crippen LogP contribution >= 0.6 is 11.6 Å². The molecule has 0 heterocycles. The first-order valence-electron chi connectivity index (χ1n) is 5.71. The summed E-state index contributed by atoms with van der Waals surface area (Å²) in [6.45, 7) is 4.91. The molecule has 0 spiro atoms. The molecule has 2 heteroatoms. The second-order valence-corrected chi connectivity index (χ2v) is 4.66. The second kappa shape index (κ2) is 5.24. The van der Waals surface area contributed by atoms with Gasteiger partial charge in [-0.25, -0.2) is 0 Å². The van der Waals surface area contributed by atoms with E-state index < -0.39 is 0 Å². The number of aryl methyl sites for hydroxylation is 2. The van der Waals surface area contributed by atoms with Crippen LogP contribution in [0.25, 0.3) is 0 Å². The first-order valence-corrected chi connectivity index (χ1v) is 6.09. The van der Waals surface area contributed by atoms with Crippen LogP contribution in [0.3, 0.4) is 0 Å². The smallest absolute Gasteiger partial charge is 0.0438 e. The maximum absolute atomic E-state index is 6.10. The molecule has 0 amide bonds. The van der Waals surface area contributed by atoms with Crippen LogP contribution in [0.5, 0.6) is 0 Å². The highest BCUT2D eigenvalue weighted by atomic mass is 35.5. The number of halogens is 1. The van der Waals surface area contributed by atoms with Gasteiger partial charge in [-0.15, -0.1) is 0 Å². The lowest BCUT2D eigenvalue weighted by Gasteiger charge is -2.10. The van der Waals surface area contributed by atoms with Crippen molar-refractivity contribution in [3.63, 3.8) is 0 Å². The third-order valence-corrected chi connectivity index (χ3v) is 3.27. The Bertz CT molecular complexity index is 520. The Labute approximate surface area is 107 Å². The summed E-state index contributed by atoms with van der Waals surface area (Å²) in [7, 11) is 0. The Morgan fingerprint density at radius 2 is 1.76 bits per heavy atom. The van der Waals surface area contributed by atoms with Crippen molar-refractivity contribution in [2.45, 2.75) is 20.4 Å². The fraction of sp³-hybridized carbons (Fsp3) is 0.200. The van der Waals surface area contributed by atoms with Gasteiger partial charge in [-0.05, 0) is 42.7 Å². The molecule has 2 aromatic rings. The van der Waals surface area contributed by atoms with E-state index in [0.717, 1.165) is 17.1 Å². The number of benzene rings is 2. The first-order chi connectivity index (χ1) is 8.16. The van der Waals surface area contributed by atoms with E-state index in [1.165, 1.54) is 16.8 Å². The molecule has 0 bridgehead atoms. The maximum Gasteiger partial charge on any atom is 0.0438 e. The van der Waals surface area contributed by atoms with E-state index in [9.17, 15) is 0 Å². The molecule has 0 radical (unpaired) electrons. The SMILES string of the molecule is Cc1ccc(CNc2ccccc2C)cc1Cl. The van der Waals surface area contributed by atoms with Gasteiger partial charge in [0.05, 0.1) is 0 Å². The van der Waals surface area contributed by atoms with Gasteiger partial charge in [-0.1, -0.05) is 41.9 Å². The van der Waals surface area contributed by atoms with Gasteiger partial charge in [0.25, 0.3) is 0 Å². The van der Waals surface area contributed by atoms with Gasteiger partial charge in [-0.3, -0.25) is 0 Å². The van der Waals surface area contributed by atoms with E-state index in [1.54, 1.807) is 0 Å². The summed E-state index contributed by atoms with van der Waals surface area (Å²) in [6.07, 6.45) is 0. The van der Waals surface area contributed by atoms with E-state index >= 15 is 0 Å². The molecule has 1 N–H and O–H groups in total. The fourth-order valence-corrected chi connectivity index (χ4v) is 1.92. The van der Waals surface area contributed by atoms with Crippen molar-refractivity contribution in [3.05, 3.63) is 64.2 Å². The Balaban J connectivity index is 2.08. The van der Waals surface area contributed by atoms with Crippen molar-refractivity contribution in [1.29, 1.82) is 0 Å². The number of hydrogen-bond acceptors (Lipinski definition) is 1. The molecule has 17 heavy (non-hydrogen) atoms. The van der Waals surface area contributed by atoms with Crippen molar-refractivity contribution in [2.75, 3.05) is 5.32 Å². The first kappa shape index (κ1) is 12.0. The molecule has 0 fully saturated rings. The molecule has 0 aromatic heterocycles. The van der Waals surface area contributed by atoms with E-state index in [2.05, 4.69) is 36.5 Å². The zero-order valence-electron chi connectivity index (χ0n) is 10.1.